The van der Waals surface area contributed by atoms with Crippen LogP contribution in [0.2, 0.25) is 0 Å². The first kappa shape index (κ1) is 34.9. The van der Waals surface area contributed by atoms with Crippen molar-refractivity contribution < 1.29 is 38.9 Å². The Bertz CT molecular complexity index is 763. The summed E-state index contributed by atoms with van der Waals surface area (Å²) >= 11 is 0. The molecule has 0 aromatic rings. The number of carboxylic acid groups (broad SMARTS) is 2. The van der Waals surface area contributed by atoms with Gasteiger partial charge in [0.2, 0.25) is 0 Å². The van der Waals surface area contributed by atoms with Crippen LogP contribution in [0.1, 0.15) is 131 Å². The Balaban J connectivity index is 2.44. The van der Waals surface area contributed by atoms with Gasteiger partial charge in [0.25, 0.3) is 0 Å². The number of unbranched alkanes of at least 4 members (excludes halogenated alkanes) is 10. The molecular formula is C30H53NO8. The Morgan fingerprint density at radius 1 is 0.718 bits per heavy atom. The molecule has 9 nitrogen and oxygen atoms in total. The van der Waals surface area contributed by atoms with Crippen LogP contribution in [0.5, 0.6) is 0 Å². The first-order valence-corrected chi connectivity index (χ1v) is 14.9. The number of piperidine rings is 1. The van der Waals surface area contributed by atoms with Crippen LogP contribution >= 0.6 is 0 Å². The summed E-state index contributed by atoms with van der Waals surface area (Å²) in [7, 11) is 0. The number of carbonyl (C=O) groups is 4. The minimum atomic E-state index is -1.59. The molecule has 9 heteroatoms. The van der Waals surface area contributed by atoms with E-state index < -0.39 is 54.7 Å². The third kappa shape index (κ3) is 15.3. The van der Waals surface area contributed by atoms with Crippen LogP contribution in [0, 0.1) is 11.8 Å². The highest BCUT2D eigenvalue weighted by Crippen LogP contribution is 2.31. The van der Waals surface area contributed by atoms with Crippen molar-refractivity contribution in [3.8, 4) is 0 Å². The Hall–Kier alpha value is -2.16. The van der Waals surface area contributed by atoms with Crippen molar-refractivity contribution in [2.24, 2.45) is 11.8 Å². The molecule has 1 saturated heterocycles. The van der Waals surface area contributed by atoms with Crippen molar-refractivity contribution in [1.82, 2.24) is 5.32 Å². The summed E-state index contributed by atoms with van der Waals surface area (Å²) in [4.78, 5) is 48.7. The van der Waals surface area contributed by atoms with Gasteiger partial charge in [-0.25, -0.2) is 0 Å². The molecule has 1 aliphatic rings. The molecule has 1 rings (SSSR count). The summed E-state index contributed by atoms with van der Waals surface area (Å²) in [5.74, 6) is -7.63. The smallest absolute Gasteiger partial charge is 0.307 e. The van der Waals surface area contributed by atoms with E-state index in [0.29, 0.717) is 19.3 Å². The van der Waals surface area contributed by atoms with Crippen LogP contribution in [0.15, 0.2) is 0 Å². The molecule has 0 aromatic heterocycles. The monoisotopic (exact) mass is 555 g/mol. The molecule has 2 unspecified atom stereocenters. The Morgan fingerprint density at radius 2 is 1.13 bits per heavy atom. The summed E-state index contributed by atoms with van der Waals surface area (Å²) in [5.41, 5.74) is -0.555. The van der Waals surface area contributed by atoms with Crippen LogP contribution < -0.4 is 5.32 Å². The summed E-state index contributed by atoms with van der Waals surface area (Å²) in [6, 6.07) is 0. The molecule has 3 N–H and O–H groups in total. The van der Waals surface area contributed by atoms with E-state index >= 15 is 0 Å². The van der Waals surface area contributed by atoms with E-state index in [1.165, 1.54) is 44.9 Å². The molecule has 0 radical (unpaired) electrons. The first-order chi connectivity index (χ1) is 18.3. The van der Waals surface area contributed by atoms with Gasteiger partial charge in [0.15, 0.2) is 0 Å². The molecule has 1 fully saturated rings. The minimum absolute atomic E-state index is 0.170. The summed E-state index contributed by atoms with van der Waals surface area (Å²) < 4.78 is 10.8. The average molecular weight is 556 g/mol. The fourth-order valence-electron chi connectivity index (χ4n) is 5.72. The van der Waals surface area contributed by atoms with Gasteiger partial charge >= 0.3 is 23.9 Å². The molecule has 0 bridgehead atoms. The lowest BCUT2D eigenvalue weighted by Gasteiger charge is -2.46. The molecule has 0 aliphatic carbocycles. The Labute approximate surface area is 234 Å². The van der Waals surface area contributed by atoms with E-state index in [1.807, 2.05) is 27.7 Å². The highest BCUT2D eigenvalue weighted by Gasteiger charge is 2.41. The van der Waals surface area contributed by atoms with Gasteiger partial charge in [-0.1, -0.05) is 71.1 Å². The molecular weight excluding hydrogens is 502 g/mol. The van der Waals surface area contributed by atoms with E-state index in [2.05, 4.69) is 12.2 Å². The number of carboxylic acids is 2. The third-order valence-electron chi connectivity index (χ3n) is 7.36. The van der Waals surface area contributed by atoms with Crippen LogP contribution in [-0.2, 0) is 28.7 Å². The molecule has 39 heavy (non-hydrogen) atoms. The van der Waals surface area contributed by atoms with Crippen molar-refractivity contribution in [2.45, 2.75) is 148 Å². The fourth-order valence-corrected chi connectivity index (χ4v) is 5.72. The van der Waals surface area contributed by atoms with Crippen molar-refractivity contribution in [3.05, 3.63) is 0 Å². The molecule has 0 amide bonds. The lowest BCUT2D eigenvalue weighted by Crippen LogP contribution is -2.59. The maximum atomic E-state index is 12.6. The minimum Gasteiger partial charge on any atom is -0.481 e. The van der Waals surface area contributed by atoms with Crippen molar-refractivity contribution in [1.29, 1.82) is 0 Å². The highest BCUT2D eigenvalue weighted by atomic mass is 16.5. The summed E-state index contributed by atoms with van der Waals surface area (Å²) in [5, 5.41) is 22.8. The van der Waals surface area contributed by atoms with Gasteiger partial charge < -0.3 is 25.0 Å². The van der Waals surface area contributed by atoms with Crippen molar-refractivity contribution in [3.63, 3.8) is 0 Å². The maximum absolute atomic E-state index is 12.6. The molecule has 0 aromatic carbocycles. The summed E-state index contributed by atoms with van der Waals surface area (Å²) in [6.07, 6.45) is 12.2. The van der Waals surface area contributed by atoms with Gasteiger partial charge in [0.05, 0.1) is 31.3 Å². The van der Waals surface area contributed by atoms with Gasteiger partial charge in [0.1, 0.15) is 6.10 Å². The molecule has 226 valence electrons. The van der Waals surface area contributed by atoms with E-state index in [4.69, 9.17) is 9.47 Å². The largest absolute Gasteiger partial charge is 0.481 e. The zero-order valence-electron chi connectivity index (χ0n) is 24.9. The zero-order chi connectivity index (χ0) is 29.5. The number of hydrogen-bond donors (Lipinski definition) is 3. The first-order valence-electron chi connectivity index (χ1n) is 14.9. The number of esters is 2. The van der Waals surface area contributed by atoms with Gasteiger partial charge in [-0.15, -0.1) is 0 Å². The number of ether oxygens (including phenoxy) is 2. The number of rotatable bonds is 20. The third-order valence-corrected chi connectivity index (χ3v) is 7.36. The van der Waals surface area contributed by atoms with Gasteiger partial charge in [-0.05, 0) is 34.1 Å². The van der Waals surface area contributed by atoms with E-state index in [-0.39, 0.29) is 17.7 Å². The predicted molar refractivity (Wildman–Crippen MR) is 149 cm³/mol. The number of aliphatic carboxylic acids is 2. The SMILES string of the molecule is CCCCCCCCCCCCCOC(=O)CC(C(=O)O)C(CC(=O)OC1CC(C)(C)NC(C)(C)C1)C(=O)O. The van der Waals surface area contributed by atoms with Gasteiger partial charge in [-0.2, -0.15) is 0 Å². The maximum Gasteiger partial charge on any atom is 0.307 e. The molecule has 1 heterocycles. The Morgan fingerprint density at radius 3 is 1.56 bits per heavy atom. The molecule has 0 spiro atoms. The summed E-state index contributed by atoms with van der Waals surface area (Å²) in [6.45, 7) is 10.4. The van der Waals surface area contributed by atoms with Crippen LogP contribution in [-0.4, -0.2) is 57.9 Å². The van der Waals surface area contributed by atoms with Crippen LogP contribution in [0.3, 0.4) is 0 Å². The molecule has 2 atom stereocenters. The molecule has 0 saturated carbocycles. The second-order valence-corrected chi connectivity index (χ2v) is 12.5. The van der Waals surface area contributed by atoms with E-state index in [9.17, 15) is 29.4 Å². The van der Waals surface area contributed by atoms with Crippen molar-refractivity contribution >= 4 is 23.9 Å². The fraction of sp³-hybridized carbons (Fsp3) is 0.867. The normalized spacial score (nSPS) is 18.2. The topological polar surface area (TPSA) is 139 Å². The number of hydrogen-bond acceptors (Lipinski definition) is 7. The van der Waals surface area contributed by atoms with Crippen LogP contribution in [0.4, 0.5) is 0 Å². The van der Waals surface area contributed by atoms with E-state index in [1.54, 1.807) is 0 Å². The number of nitrogens with one attached hydrogen (secondary N) is 1. The quantitative estimate of drug-likeness (QED) is 0.124. The molecule has 1 aliphatic heterocycles. The highest BCUT2D eigenvalue weighted by molar-refractivity contribution is 5.87. The lowest BCUT2D eigenvalue weighted by molar-refractivity contribution is -0.165. The van der Waals surface area contributed by atoms with Gasteiger partial charge in [0, 0.05) is 23.9 Å². The number of carbonyl (C=O) groups excluding carboxylic acids is 2. The Kier molecular flexibility index (Phi) is 15.7. The average Bonchev–Trinajstić information content (AvgIpc) is 2.79. The second-order valence-electron chi connectivity index (χ2n) is 12.5. The second kappa shape index (κ2) is 17.5. The van der Waals surface area contributed by atoms with Crippen molar-refractivity contribution in [2.75, 3.05) is 6.61 Å². The zero-order valence-corrected chi connectivity index (χ0v) is 24.9. The standard InChI is InChI=1S/C30H53NO8/c1-6-7-8-9-10-11-12-13-14-15-16-17-38-25(32)18-23(27(34)35)24(28(36)37)19-26(33)39-22-20-29(2,3)31-30(4,5)21-22/h22-24,31H,6-21H2,1-5H3,(H,34,35)(H,36,37). The lowest BCUT2D eigenvalue weighted by atomic mass is 9.81. The predicted octanol–water partition coefficient (Wildman–Crippen LogP) is 5.87. The van der Waals surface area contributed by atoms with Gasteiger partial charge in [-0.3, -0.25) is 19.2 Å². The van der Waals surface area contributed by atoms with E-state index in [0.717, 1.165) is 19.3 Å². The van der Waals surface area contributed by atoms with Crippen LogP contribution in [0.25, 0.3) is 0 Å².